The number of aryl methyl sites for hydroxylation is 2. The van der Waals surface area contributed by atoms with Gasteiger partial charge in [0.2, 0.25) is 11.8 Å². The zero-order chi connectivity index (χ0) is 17.0. The van der Waals surface area contributed by atoms with Crippen molar-refractivity contribution in [2.75, 3.05) is 33.3 Å². The Morgan fingerprint density at radius 3 is 2.52 bits per heavy atom. The van der Waals surface area contributed by atoms with E-state index in [9.17, 15) is 9.59 Å². The topological polar surface area (TPSA) is 49.9 Å². The van der Waals surface area contributed by atoms with Crippen LogP contribution in [0.4, 0.5) is 0 Å². The third-order valence-corrected chi connectivity index (χ3v) is 4.21. The molecule has 1 aliphatic rings. The molecule has 0 radical (unpaired) electrons. The highest BCUT2D eigenvalue weighted by atomic mass is 16.5. The minimum Gasteiger partial charge on any atom is -0.492 e. The van der Waals surface area contributed by atoms with Crippen LogP contribution in [0.5, 0.6) is 5.75 Å². The zero-order valence-electron chi connectivity index (χ0n) is 14.5. The summed E-state index contributed by atoms with van der Waals surface area (Å²) in [6.45, 7) is 7.77. The average molecular weight is 318 g/mol. The molecule has 2 rings (SSSR count). The van der Waals surface area contributed by atoms with E-state index >= 15 is 0 Å². The summed E-state index contributed by atoms with van der Waals surface area (Å²) >= 11 is 0. The number of carbonyl (C=O) groups is 2. The van der Waals surface area contributed by atoms with Gasteiger partial charge in [-0.2, -0.15) is 0 Å². The molecule has 5 heteroatoms. The van der Waals surface area contributed by atoms with Crippen molar-refractivity contribution in [2.45, 2.75) is 27.2 Å². The number of amides is 2. The fourth-order valence-corrected chi connectivity index (χ4v) is 2.78. The Kier molecular flexibility index (Phi) is 5.64. The second-order valence-electron chi connectivity index (χ2n) is 6.44. The van der Waals surface area contributed by atoms with E-state index in [1.807, 2.05) is 32.9 Å². The van der Waals surface area contributed by atoms with Gasteiger partial charge < -0.3 is 14.5 Å². The van der Waals surface area contributed by atoms with E-state index in [2.05, 4.69) is 6.07 Å². The van der Waals surface area contributed by atoms with Gasteiger partial charge in [-0.05, 0) is 43.5 Å². The Labute approximate surface area is 138 Å². The first kappa shape index (κ1) is 17.3. The molecule has 0 spiro atoms. The molecule has 0 bridgehead atoms. The lowest BCUT2D eigenvalue weighted by atomic mass is 10.1. The van der Waals surface area contributed by atoms with Crippen LogP contribution in [0.1, 0.15) is 24.5 Å². The van der Waals surface area contributed by atoms with Crippen LogP contribution in [0.25, 0.3) is 0 Å². The fourth-order valence-electron chi connectivity index (χ4n) is 2.78. The van der Waals surface area contributed by atoms with Crippen LogP contribution in [-0.4, -0.2) is 54.9 Å². The molecule has 0 unspecified atom stereocenters. The fraction of sp³-hybridized carbons (Fsp3) is 0.556. The molecule has 2 amide bonds. The molecule has 1 aliphatic heterocycles. The maximum atomic E-state index is 12.2. The molecule has 1 aromatic rings. The quantitative estimate of drug-likeness (QED) is 0.806. The number of carbonyl (C=O) groups excluding carboxylic acids is 2. The van der Waals surface area contributed by atoms with Gasteiger partial charge in [0.25, 0.3) is 0 Å². The second-order valence-corrected chi connectivity index (χ2v) is 6.44. The van der Waals surface area contributed by atoms with Gasteiger partial charge in [0, 0.05) is 19.5 Å². The highest BCUT2D eigenvalue weighted by Crippen LogP contribution is 2.17. The number of rotatable bonds is 6. The van der Waals surface area contributed by atoms with Crippen molar-refractivity contribution in [3.63, 3.8) is 0 Å². The van der Waals surface area contributed by atoms with Gasteiger partial charge in [0.1, 0.15) is 12.4 Å². The normalized spacial score (nSPS) is 17.5. The van der Waals surface area contributed by atoms with Crippen LogP contribution in [0.15, 0.2) is 18.2 Å². The van der Waals surface area contributed by atoms with Crippen LogP contribution < -0.4 is 4.74 Å². The van der Waals surface area contributed by atoms with E-state index in [1.54, 1.807) is 16.8 Å². The van der Waals surface area contributed by atoms with E-state index in [0.29, 0.717) is 19.7 Å². The number of likely N-dealkylation sites (tertiary alicyclic amines) is 1. The van der Waals surface area contributed by atoms with Crippen LogP contribution in [0.2, 0.25) is 0 Å². The first-order valence-corrected chi connectivity index (χ1v) is 8.10. The standard InChI is InChI=1S/C18H26N2O3/c1-13-9-14(2)11-16(10-13)23-8-7-19(4)17(21)12-20-6-5-15(3)18(20)22/h9-11,15H,5-8,12H2,1-4H3/t15-/m0/s1. The number of likely N-dealkylation sites (N-methyl/N-ethyl adjacent to an activating group) is 1. The lowest BCUT2D eigenvalue weighted by Gasteiger charge is -2.22. The van der Waals surface area contributed by atoms with Gasteiger partial charge in [-0.1, -0.05) is 13.0 Å². The minimum atomic E-state index is -0.0449. The average Bonchev–Trinajstić information content (AvgIpc) is 2.78. The van der Waals surface area contributed by atoms with Crippen LogP contribution in [0.3, 0.4) is 0 Å². The summed E-state index contributed by atoms with van der Waals surface area (Å²) in [6.07, 6.45) is 0.839. The van der Waals surface area contributed by atoms with Gasteiger partial charge >= 0.3 is 0 Å². The van der Waals surface area contributed by atoms with Crippen molar-refractivity contribution in [1.82, 2.24) is 9.80 Å². The molecule has 0 saturated carbocycles. The Balaban J connectivity index is 1.77. The van der Waals surface area contributed by atoms with Crippen molar-refractivity contribution >= 4 is 11.8 Å². The molecule has 1 aromatic carbocycles. The zero-order valence-corrected chi connectivity index (χ0v) is 14.5. The molecular weight excluding hydrogens is 292 g/mol. The maximum Gasteiger partial charge on any atom is 0.242 e. The molecule has 1 saturated heterocycles. The summed E-state index contributed by atoms with van der Waals surface area (Å²) in [4.78, 5) is 27.3. The number of benzene rings is 1. The summed E-state index contributed by atoms with van der Waals surface area (Å²) < 4.78 is 5.72. The van der Waals surface area contributed by atoms with Crippen LogP contribution >= 0.6 is 0 Å². The Hall–Kier alpha value is -2.04. The van der Waals surface area contributed by atoms with Gasteiger partial charge in [-0.3, -0.25) is 9.59 Å². The van der Waals surface area contributed by atoms with Crippen molar-refractivity contribution in [3.8, 4) is 5.75 Å². The summed E-state index contributed by atoms with van der Waals surface area (Å²) in [6, 6.07) is 6.06. The molecule has 23 heavy (non-hydrogen) atoms. The minimum absolute atomic E-state index is 0.0426. The number of hydrogen-bond acceptors (Lipinski definition) is 3. The molecule has 1 heterocycles. The molecule has 1 fully saturated rings. The monoisotopic (exact) mass is 318 g/mol. The number of nitrogens with zero attached hydrogens (tertiary/aromatic N) is 2. The van der Waals surface area contributed by atoms with E-state index < -0.39 is 0 Å². The third-order valence-electron chi connectivity index (χ3n) is 4.21. The van der Waals surface area contributed by atoms with Gasteiger partial charge in [0.05, 0.1) is 13.1 Å². The number of hydrogen-bond donors (Lipinski definition) is 0. The molecule has 126 valence electrons. The molecule has 0 aliphatic carbocycles. The van der Waals surface area contributed by atoms with Crippen molar-refractivity contribution in [3.05, 3.63) is 29.3 Å². The lowest BCUT2D eigenvalue weighted by molar-refractivity contribution is -0.138. The molecule has 5 nitrogen and oxygen atoms in total. The highest BCUT2D eigenvalue weighted by Gasteiger charge is 2.29. The third kappa shape index (κ3) is 4.71. The summed E-state index contributed by atoms with van der Waals surface area (Å²) in [7, 11) is 1.75. The maximum absolute atomic E-state index is 12.2. The molecule has 0 N–H and O–H groups in total. The molecule has 1 atom stereocenters. The van der Waals surface area contributed by atoms with Crippen molar-refractivity contribution in [2.24, 2.45) is 5.92 Å². The Bertz CT molecular complexity index is 565. The van der Waals surface area contributed by atoms with E-state index in [-0.39, 0.29) is 24.3 Å². The Morgan fingerprint density at radius 2 is 1.96 bits per heavy atom. The predicted octanol–water partition coefficient (Wildman–Crippen LogP) is 2.01. The summed E-state index contributed by atoms with van der Waals surface area (Å²) in [5, 5.41) is 0. The SMILES string of the molecule is Cc1cc(C)cc(OCCN(C)C(=O)CN2CC[C@H](C)C2=O)c1. The lowest BCUT2D eigenvalue weighted by Crippen LogP contribution is -2.41. The van der Waals surface area contributed by atoms with E-state index in [4.69, 9.17) is 4.74 Å². The smallest absolute Gasteiger partial charge is 0.242 e. The largest absolute Gasteiger partial charge is 0.492 e. The second kappa shape index (κ2) is 7.49. The summed E-state index contributed by atoms with van der Waals surface area (Å²) in [5.41, 5.74) is 2.32. The molecular formula is C18H26N2O3. The van der Waals surface area contributed by atoms with E-state index in [1.165, 1.54) is 0 Å². The van der Waals surface area contributed by atoms with E-state index in [0.717, 1.165) is 23.3 Å². The van der Waals surface area contributed by atoms with Crippen LogP contribution in [0, 0.1) is 19.8 Å². The highest BCUT2D eigenvalue weighted by molar-refractivity contribution is 5.86. The predicted molar refractivity (Wildman–Crippen MR) is 89.4 cm³/mol. The van der Waals surface area contributed by atoms with Gasteiger partial charge in [-0.15, -0.1) is 0 Å². The van der Waals surface area contributed by atoms with Crippen LogP contribution in [-0.2, 0) is 9.59 Å². The molecule has 0 aromatic heterocycles. The Morgan fingerprint density at radius 1 is 1.30 bits per heavy atom. The number of ether oxygens (including phenoxy) is 1. The first-order valence-electron chi connectivity index (χ1n) is 8.10. The van der Waals surface area contributed by atoms with Gasteiger partial charge in [0.15, 0.2) is 0 Å². The summed E-state index contributed by atoms with van der Waals surface area (Å²) in [5.74, 6) is 0.905. The first-order chi connectivity index (χ1) is 10.9. The van der Waals surface area contributed by atoms with Crippen molar-refractivity contribution < 1.29 is 14.3 Å². The van der Waals surface area contributed by atoms with Gasteiger partial charge in [-0.25, -0.2) is 0 Å². The van der Waals surface area contributed by atoms with Crippen molar-refractivity contribution in [1.29, 1.82) is 0 Å².